The van der Waals surface area contributed by atoms with Gasteiger partial charge in [-0.3, -0.25) is 4.79 Å². The predicted octanol–water partition coefficient (Wildman–Crippen LogP) is 1.38. The molecular weight excluding hydrogens is 441 g/mol. The van der Waals surface area contributed by atoms with E-state index in [4.69, 9.17) is 9.84 Å². The number of anilines is 2. The number of benzene rings is 1. The van der Waals surface area contributed by atoms with Crippen molar-refractivity contribution in [1.29, 1.82) is 0 Å². The molecule has 178 valence electrons. The number of hydrogen-bond donors (Lipinski definition) is 1. The first-order valence-electron chi connectivity index (χ1n) is 10.9. The van der Waals surface area contributed by atoms with E-state index in [1.54, 1.807) is 31.6 Å². The molecule has 1 aliphatic heterocycles. The molecule has 0 spiro atoms. The van der Waals surface area contributed by atoms with E-state index in [-0.39, 0.29) is 19.1 Å². The minimum atomic E-state index is -0.452. The maximum absolute atomic E-state index is 13.0. The van der Waals surface area contributed by atoms with E-state index in [1.165, 1.54) is 17.3 Å². The molecule has 0 unspecified atom stereocenters. The molecular formula is C23H26FN7O3. The third-order valence-corrected chi connectivity index (χ3v) is 5.46. The summed E-state index contributed by atoms with van der Waals surface area (Å²) in [6, 6.07) is 7.15. The largest absolute Gasteiger partial charge is 0.486 e. The fraction of sp³-hybridized carbons (Fsp3) is 0.348. The van der Waals surface area contributed by atoms with Crippen molar-refractivity contribution in [2.24, 2.45) is 0 Å². The van der Waals surface area contributed by atoms with Crippen molar-refractivity contribution in [2.45, 2.75) is 6.61 Å². The number of amides is 1. The summed E-state index contributed by atoms with van der Waals surface area (Å²) in [4.78, 5) is 34.7. The lowest BCUT2D eigenvalue weighted by Crippen LogP contribution is -2.47. The Bertz CT molecular complexity index is 1070. The highest BCUT2D eigenvalue weighted by Crippen LogP contribution is 2.17. The summed E-state index contributed by atoms with van der Waals surface area (Å²) >= 11 is 0. The van der Waals surface area contributed by atoms with Gasteiger partial charge in [-0.15, -0.1) is 0 Å². The zero-order valence-corrected chi connectivity index (χ0v) is 18.8. The zero-order chi connectivity index (χ0) is 23.9. The lowest BCUT2D eigenvalue weighted by atomic mass is 10.1. The van der Waals surface area contributed by atoms with E-state index >= 15 is 0 Å². The van der Waals surface area contributed by atoms with Gasteiger partial charge in [0.2, 0.25) is 11.9 Å². The smallest absolute Gasteiger partial charge is 0.253 e. The Morgan fingerprint density at radius 1 is 0.971 bits per heavy atom. The SMILES string of the molecule is CN(CCO)C(=O)c1ccc(COc2cnc(N3CCN(c4ncc(F)cn4)CC3)nc2)cc1. The van der Waals surface area contributed by atoms with E-state index in [2.05, 4.69) is 24.8 Å². The summed E-state index contributed by atoms with van der Waals surface area (Å²) in [5.74, 6) is 1.08. The quantitative estimate of drug-likeness (QED) is 0.526. The summed E-state index contributed by atoms with van der Waals surface area (Å²) in [6.45, 7) is 3.29. The van der Waals surface area contributed by atoms with Gasteiger partial charge in [0.15, 0.2) is 11.6 Å². The van der Waals surface area contributed by atoms with Gasteiger partial charge >= 0.3 is 0 Å². The van der Waals surface area contributed by atoms with Crippen LogP contribution in [0.15, 0.2) is 49.1 Å². The van der Waals surface area contributed by atoms with Gasteiger partial charge in [-0.2, -0.15) is 0 Å². The number of piperazine rings is 1. The predicted molar refractivity (Wildman–Crippen MR) is 123 cm³/mol. The topological polar surface area (TPSA) is 108 Å². The molecule has 0 atom stereocenters. The van der Waals surface area contributed by atoms with Gasteiger partial charge < -0.3 is 24.5 Å². The van der Waals surface area contributed by atoms with Crippen LogP contribution in [0, 0.1) is 5.82 Å². The Kier molecular flexibility index (Phi) is 7.43. The summed E-state index contributed by atoms with van der Waals surface area (Å²) in [5.41, 5.74) is 1.46. The number of aliphatic hydroxyl groups excluding tert-OH is 1. The van der Waals surface area contributed by atoms with Crippen molar-refractivity contribution in [1.82, 2.24) is 24.8 Å². The normalized spacial score (nSPS) is 13.6. The van der Waals surface area contributed by atoms with Gasteiger partial charge in [0.25, 0.3) is 5.91 Å². The zero-order valence-electron chi connectivity index (χ0n) is 18.8. The number of hydrogen-bond acceptors (Lipinski definition) is 9. The number of ether oxygens (including phenoxy) is 1. The molecule has 2 aromatic heterocycles. The number of carbonyl (C=O) groups is 1. The fourth-order valence-electron chi connectivity index (χ4n) is 3.50. The van der Waals surface area contributed by atoms with Crippen LogP contribution in [0.25, 0.3) is 0 Å². The molecule has 3 aromatic rings. The first-order valence-corrected chi connectivity index (χ1v) is 10.9. The van der Waals surface area contributed by atoms with Gasteiger partial charge in [-0.25, -0.2) is 24.3 Å². The molecule has 11 heteroatoms. The van der Waals surface area contributed by atoms with Crippen LogP contribution in [0.2, 0.25) is 0 Å². The summed E-state index contributed by atoms with van der Waals surface area (Å²) < 4.78 is 18.8. The van der Waals surface area contributed by atoms with Crippen molar-refractivity contribution in [3.05, 3.63) is 66.0 Å². The second kappa shape index (κ2) is 10.8. The van der Waals surface area contributed by atoms with Crippen LogP contribution in [-0.4, -0.2) is 82.2 Å². The minimum Gasteiger partial charge on any atom is -0.486 e. The van der Waals surface area contributed by atoms with Crippen LogP contribution in [0.4, 0.5) is 16.3 Å². The van der Waals surface area contributed by atoms with Gasteiger partial charge in [0, 0.05) is 45.3 Å². The number of rotatable bonds is 8. The molecule has 1 aliphatic rings. The molecule has 4 rings (SSSR count). The molecule has 0 bridgehead atoms. The maximum atomic E-state index is 13.0. The van der Waals surface area contributed by atoms with Crippen LogP contribution in [-0.2, 0) is 6.61 Å². The Morgan fingerprint density at radius 3 is 2.03 bits per heavy atom. The Balaban J connectivity index is 1.26. The maximum Gasteiger partial charge on any atom is 0.253 e. The molecule has 0 aliphatic carbocycles. The van der Waals surface area contributed by atoms with Gasteiger partial charge in [-0.1, -0.05) is 12.1 Å². The standard InChI is InChI=1S/C23H26FN7O3/c1-29(10-11-32)21(33)18-4-2-17(3-5-18)16-34-20-14-27-23(28-15-20)31-8-6-30(7-9-31)22-25-12-19(24)13-26-22/h2-5,12-15,32H,6-11,16H2,1H3. The van der Waals surface area contributed by atoms with E-state index in [9.17, 15) is 9.18 Å². The molecule has 1 N–H and O–H groups in total. The Labute approximate surface area is 196 Å². The van der Waals surface area contributed by atoms with Crippen molar-refractivity contribution in [3.8, 4) is 5.75 Å². The molecule has 1 amide bonds. The molecule has 1 fully saturated rings. The van der Waals surface area contributed by atoms with Crippen molar-refractivity contribution in [3.63, 3.8) is 0 Å². The molecule has 3 heterocycles. The van der Waals surface area contributed by atoms with Crippen molar-refractivity contribution >= 4 is 17.8 Å². The average molecular weight is 468 g/mol. The molecule has 0 radical (unpaired) electrons. The van der Waals surface area contributed by atoms with Crippen LogP contribution in [0.1, 0.15) is 15.9 Å². The number of carbonyl (C=O) groups excluding carboxylic acids is 1. The summed E-state index contributed by atoms with van der Waals surface area (Å²) in [5, 5.41) is 8.97. The number of nitrogens with zero attached hydrogens (tertiary/aromatic N) is 7. The highest BCUT2D eigenvalue weighted by Gasteiger charge is 2.21. The highest BCUT2D eigenvalue weighted by molar-refractivity contribution is 5.94. The third-order valence-electron chi connectivity index (χ3n) is 5.46. The average Bonchev–Trinajstić information content (AvgIpc) is 2.88. The summed E-state index contributed by atoms with van der Waals surface area (Å²) in [6.07, 6.45) is 5.61. The van der Waals surface area contributed by atoms with Gasteiger partial charge in [-0.05, 0) is 17.7 Å². The molecule has 1 saturated heterocycles. The van der Waals surface area contributed by atoms with E-state index in [0.717, 1.165) is 5.56 Å². The molecule has 34 heavy (non-hydrogen) atoms. The van der Waals surface area contributed by atoms with Crippen molar-refractivity contribution < 1.29 is 19.0 Å². The molecule has 0 saturated carbocycles. The third kappa shape index (κ3) is 5.73. The lowest BCUT2D eigenvalue weighted by molar-refractivity contribution is 0.0767. The monoisotopic (exact) mass is 467 g/mol. The lowest BCUT2D eigenvalue weighted by Gasteiger charge is -2.34. The molecule has 10 nitrogen and oxygen atoms in total. The molecule has 1 aromatic carbocycles. The van der Waals surface area contributed by atoms with Crippen LogP contribution < -0.4 is 14.5 Å². The Morgan fingerprint density at radius 2 is 1.50 bits per heavy atom. The van der Waals surface area contributed by atoms with E-state index in [0.29, 0.717) is 56.0 Å². The number of likely N-dealkylation sites (N-methyl/N-ethyl adjacent to an activating group) is 1. The van der Waals surface area contributed by atoms with E-state index < -0.39 is 5.82 Å². The van der Waals surface area contributed by atoms with Gasteiger partial charge in [0.1, 0.15) is 6.61 Å². The van der Waals surface area contributed by atoms with Crippen LogP contribution in [0.3, 0.4) is 0 Å². The minimum absolute atomic E-state index is 0.0732. The van der Waals surface area contributed by atoms with E-state index in [1.807, 2.05) is 17.0 Å². The number of aromatic nitrogens is 4. The Hall–Kier alpha value is -3.86. The highest BCUT2D eigenvalue weighted by atomic mass is 19.1. The van der Waals surface area contributed by atoms with Gasteiger partial charge in [0.05, 0.1) is 31.4 Å². The van der Waals surface area contributed by atoms with Crippen molar-refractivity contribution in [2.75, 3.05) is 56.2 Å². The number of aliphatic hydroxyl groups is 1. The first-order chi connectivity index (χ1) is 16.5. The van der Waals surface area contributed by atoms with Crippen LogP contribution >= 0.6 is 0 Å². The second-order valence-corrected chi connectivity index (χ2v) is 7.83. The summed E-state index contributed by atoms with van der Waals surface area (Å²) in [7, 11) is 1.65. The first kappa shape index (κ1) is 23.3. The second-order valence-electron chi connectivity index (χ2n) is 7.83. The fourth-order valence-corrected chi connectivity index (χ4v) is 3.50. The van der Waals surface area contributed by atoms with Crippen LogP contribution in [0.5, 0.6) is 5.75 Å². The number of halogens is 1.